The smallest absolute Gasteiger partial charge is 0.407 e. The van der Waals surface area contributed by atoms with Crippen LogP contribution in [0.2, 0.25) is 0 Å². The second-order valence-corrected chi connectivity index (χ2v) is 6.42. The highest BCUT2D eigenvalue weighted by Crippen LogP contribution is 2.11. The van der Waals surface area contributed by atoms with E-state index in [-0.39, 0.29) is 13.5 Å². The van der Waals surface area contributed by atoms with E-state index in [4.69, 9.17) is 4.74 Å². The molecule has 1 fully saturated rings. The first-order valence-electron chi connectivity index (χ1n) is 5.21. The summed E-state index contributed by atoms with van der Waals surface area (Å²) in [4.78, 5) is 11.4. The molecule has 96 valence electrons. The van der Waals surface area contributed by atoms with Gasteiger partial charge in [0, 0.05) is 28.3 Å². The molecule has 0 saturated carbocycles. The number of hydrogen-bond acceptors (Lipinski definition) is 3. The molecular formula is C11H23NO3S. The van der Waals surface area contributed by atoms with Crippen LogP contribution in [0.1, 0.15) is 41.0 Å². The van der Waals surface area contributed by atoms with E-state index in [1.54, 1.807) is 0 Å². The third-order valence-corrected chi connectivity index (χ3v) is 3.55. The molecular weight excluding hydrogens is 226 g/mol. The minimum atomic E-state index is -0.780. The standard InChI is InChI=1S/C10H19NO3S.CH4/c1-10(2,3)14-9(12)11-8-5-4-6-15(13)7-8;/h8H,4-7H2,1-3H3,(H,11,12);1H4. The molecule has 1 N–H and O–H groups in total. The van der Waals surface area contributed by atoms with Crippen LogP contribution in [0.25, 0.3) is 0 Å². The molecule has 2 atom stereocenters. The number of ether oxygens (including phenoxy) is 1. The molecule has 0 bridgehead atoms. The Kier molecular flexibility index (Phi) is 6.00. The Morgan fingerprint density at radius 2 is 2.06 bits per heavy atom. The molecule has 1 aliphatic heterocycles. The molecule has 4 nitrogen and oxygen atoms in total. The van der Waals surface area contributed by atoms with Gasteiger partial charge in [-0.15, -0.1) is 0 Å². The molecule has 1 heterocycles. The van der Waals surface area contributed by atoms with Crippen LogP contribution in [0.3, 0.4) is 0 Å². The number of nitrogens with one attached hydrogen (secondary N) is 1. The maximum Gasteiger partial charge on any atom is 0.407 e. The molecule has 1 aliphatic rings. The lowest BCUT2D eigenvalue weighted by Gasteiger charge is -2.25. The van der Waals surface area contributed by atoms with Crippen LogP contribution >= 0.6 is 0 Å². The second kappa shape index (κ2) is 6.23. The van der Waals surface area contributed by atoms with Crippen LogP contribution in [0.4, 0.5) is 4.79 Å². The predicted octanol–water partition coefficient (Wildman–Crippen LogP) is 2.06. The number of hydrogen-bond donors (Lipinski definition) is 1. The summed E-state index contributed by atoms with van der Waals surface area (Å²) in [5, 5.41) is 2.75. The molecule has 0 spiro atoms. The van der Waals surface area contributed by atoms with Crippen molar-refractivity contribution in [2.45, 2.75) is 52.7 Å². The van der Waals surface area contributed by atoms with Crippen molar-refractivity contribution in [3.63, 3.8) is 0 Å². The van der Waals surface area contributed by atoms with E-state index in [0.717, 1.165) is 18.6 Å². The zero-order chi connectivity index (χ0) is 11.5. The van der Waals surface area contributed by atoms with Gasteiger partial charge in [-0.25, -0.2) is 4.79 Å². The van der Waals surface area contributed by atoms with Gasteiger partial charge >= 0.3 is 6.09 Å². The summed E-state index contributed by atoms with van der Waals surface area (Å²) in [7, 11) is -0.780. The number of carbonyl (C=O) groups excluding carboxylic acids is 1. The summed E-state index contributed by atoms with van der Waals surface area (Å²) in [5.41, 5.74) is -0.474. The lowest BCUT2D eigenvalue weighted by Crippen LogP contribution is -2.43. The van der Waals surface area contributed by atoms with Gasteiger partial charge in [0.2, 0.25) is 0 Å². The molecule has 0 aromatic rings. The fourth-order valence-corrected chi connectivity index (χ4v) is 2.82. The van der Waals surface area contributed by atoms with Gasteiger partial charge in [0.05, 0.1) is 0 Å². The highest BCUT2D eigenvalue weighted by molar-refractivity contribution is 7.85. The first-order valence-corrected chi connectivity index (χ1v) is 6.70. The summed E-state index contributed by atoms with van der Waals surface area (Å²) < 4.78 is 16.4. The first-order chi connectivity index (χ1) is 6.87. The first kappa shape index (κ1) is 15.4. The van der Waals surface area contributed by atoms with Gasteiger partial charge in [-0.3, -0.25) is 4.21 Å². The van der Waals surface area contributed by atoms with Crippen LogP contribution < -0.4 is 5.32 Å². The Hall–Kier alpha value is -0.580. The van der Waals surface area contributed by atoms with Crippen molar-refractivity contribution in [1.82, 2.24) is 5.32 Å². The molecule has 1 rings (SSSR count). The van der Waals surface area contributed by atoms with E-state index in [1.165, 1.54) is 0 Å². The van der Waals surface area contributed by atoms with Crippen molar-refractivity contribution in [2.75, 3.05) is 11.5 Å². The molecule has 0 aromatic heterocycles. The fourth-order valence-electron chi connectivity index (χ4n) is 1.47. The predicted molar refractivity (Wildman–Crippen MR) is 67.0 cm³/mol. The van der Waals surface area contributed by atoms with Gasteiger partial charge in [-0.2, -0.15) is 0 Å². The highest BCUT2D eigenvalue weighted by Gasteiger charge is 2.23. The van der Waals surface area contributed by atoms with E-state index in [0.29, 0.717) is 5.75 Å². The normalized spacial score (nSPS) is 25.4. The molecule has 16 heavy (non-hydrogen) atoms. The molecule has 0 aromatic carbocycles. The minimum Gasteiger partial charge on any atom is -0.444 e. The minimum absolute atomic E-state index is 0. The Balaban J connectivity index is 0.00000225. The van der Waals surface area contributed by atoms with Crippen molar-refractivity contribution in [1.29, 1.82) is 0 Å². The number of rotatable bonds is 1. The van der Waals surface area contributed by atoms with Crippen molar-refractivity contribution in [3.05, 3.63) is 0 Å². The average Bonchev–Trinajstić information content (AvgIpc) is 1.99. The molecule has 1 amide bonds. The zero-order valence-corrected chi connectivity index (χ0v) is 10.4. The SMILES string of the molecule is C.CC(C)(C)OC(=O)NC1CCCS(=O)C1. The largest absolute Gasteiger partial charge is 0.444 e. The second-order valence-electron chi connectivity index (χ2n) is 4.80. The quantitative estimate of drug-likeness (QED) is 0.774. The summed E-state index contributed by atoms with van der Waals surface area (Å²) in [6, 6.07) is 0.00873. The molecule has 5 heteroatoms. The van der Waals surface area contributed by atoms with Gasteiger partial charge in [-0.1, -0.05) is 7.43 Å². The van der Waals surface area contributed by atoms with E-state index >= 15 is 0 Å². The molecule has 0 aliphatic carbocycles. The maximum atomic E-state index is 11.4. The summed E-state index contributed by atoms with van der Waals surface area (Å²) >= 11 is 0. The number of alkyl carbamates (subject to hydrolysis) is 1. The van der Waals surface area contributed by atoms with Crippen molar-refractivity contribution >= 4 is 16.9 Å². The fraction of sp³-hybridized carbons (Fsp3) is 0.909. The van der Waals surface area contributed by atoms with Gasteiger partial charge in [0.1, 0.15) is 5.60 Å². The Morgan fingerprint density at radius 1 is 1.44 bits per heavy atom. The Labute approximate surface area is 101 Å². The average molecular weight is 249 g/mol. The van der Waals surface area contributed by atoms with E-state index in [2.05, 4.69) is 5.32 Å². The van der Waals surface area contributed by atoms with Crippen molar-refractivity contribution in [3.8, 4) is 0 Å². The third-order valence-electron chi connectivity index (χ3n) is 2.03. The van der Waals surface area contributed by atoms with Crippen LogP contribution in [0.15, 0.2) is 0 Å². The van der Waals surface area contributed by atoms with Crippen molar-refractivity contribution < 1.29 is 13.7 Å². The summed E-state index contributed by atoms with van der Waals surface area (Å²) in [6.07, 6.45) is 1.39. The summed E-state index contributed by atoms with van der Waals surface area (Å²) in [5.74, 6) is 1.31. The zero-order valence-electron chi connectivity index (χ0n) is 9.54. The Bertz CT molecular complexity index is 260. The highest BCUT2D eigenvalue weighted by atomic mass is 32.2. The van der Waals surface area contributed by atoms with Crippen LogP contribution in [0, 0.1) is 0 Å². The molecule has 1 saturated heterocycles. The lowest BCUT2D eigenvalue weighted by molar-refractivity contribution is 0.0506. The monoisotopic (exact) mass is 249 g/mol. The van der Waals surface area contributed by atoms with E-state index in [1.807, 2.05) is 20.8 Å². The van der Waals surface area contributed by atoms with Crippen molar-refractivity contribution in [2.24, 2.45) is 0 Å². The Morgan fingerprint density at radius 3 is 2.56 bits per heavy atom. The van der Waals surface area contributed by atoms with Crippen LogP contribution in [-0.2, 0) is 15.5 Å². The summed E-state index contributed by atoms with van der Waals surface area (Å²) in [6.45, 7) is 5.48. The van der Waals surface area contributed by atoms with Gasteiger partial charge < -0.3 is 10.1 Å². The molecule has 0 radical (unpaired) electrons. The van der Waals surface area contributed by atoms with Gasteiger partial charge in [0.15, 0.2) is 0 Å². The molecule has 2 unspecified atom stereocenters. The number of amides is 1. The van der Waals surface area contributed by atoms with Gasteiger partial charge in [-0.05, 0) is 33.6 Å². The lowest BCUT2D eigenvalue weighted by atomic mass is 10.2. The van der Waals surface area contributed by atoms with Gasteiger partial charge in [0.25, 0.3) is 0 Å². The van der Waals surface area contributed by atoms with Crippen LogP contribution in [0.5, 0.6) is 0 Å². The maximum absolute atomic E-state index is 11.4. The topological polar surface area (TPSA) is 55.4 Å². The van der Waals surface area contributed by atoms with Crippen LogP contribution in [-0.4, -0.2) is 33.5 Å². The third kappa shape index (κ3) is 6.10. The number of carbonyl (C=O) groups is 1. The van der Waals surface area contributed by atoms with E-state index in [9.17, 15) is 9.00 Å². The van der Waals surface area contributed by atoms with E-state index < -0.39 is 22.5 Å².